The highest BCUT2D eigenvalue weighted by molar-refractivity contribution is 5.02. The van der Waals surface area contributed by atoms with Crippen molar-refractivity contribution in [3.05, 3.63) is 0 Å². The van der Waals surface area contributed by atoms with Crippen LogP contribution in [0.1, 0.15) is 40.0 Å². The Hall–Kier alpha value is -0.0800. The third-order valence-electron chi connectivity index (χ3n) is 3.95. The van der Waals surface area contributed by atoms with Gasteiger partial charge in [-0.1, -0.05) is 6.92 Å². The second-order valence-electron chi connectivity index (χ2n) is 5.56. The highest BCUT2D eigenvalue weighted by atomic mass is 15.3. The third-order valence-corrected chi connectivity index (χ3v) is 3.95. The van der Waals surface area contributed by atoms with E-state index in [0.29, 0.717) is 11.6 Å². The summed E-state index contributed by atoms with van der Waals surface area (Å²) in [6, 6.07) is 0.713. The van der Waals surface area contributed by atoms with Crippen LogP contribution in [0.15, 0.2) is 0 Å². The molecule has 0 amide bonds. The van der Waals surface area contributed by atoms with Gasteiger partial charge in [0.15, 0.2) is 0 Å². The molecule has 2 aliphatic heterocycles. The van der Waals surface area contributed by atoms with E-state index < -0.39 is 0 Å². The summed E-state index contributed by atoms with van der Waals surface area (Å²) < 4.78 is 0. The molecule has 0 aliphatic carbocycles. The second kappa shape index (κ2) is 3.82. The van der Waals surface area contributed by atoms with E-state index in [0.717, 1.165) is 5.92 Å². The molecule has 82 valence electrons. The van der Waals surface area contributed by atoms with E-state index >= 15 is 0 Å². The van der Waals surface area contributed by atoms with E-state index in [9.17, 15) is 0 Å². The molecule has 0 aromatic rings. The van der Waals surface area contributed by atoms with Crippen molar-refractivity contribution in [1.29, 1.82) is 0 Å². The zero-order valence-electron chi connectivity index (χ0n) is 9.84. The van der Waals surface area contributed by atoms with Gasteiger partial charge in [0.2, 0.25) is 0 Å². The van der Waals surface area contributed by atoms with Gasteiger partial charge < -0.3 is 5.32 Å². The Morgan fingerprint density at radius 3 is 2.86 bits per heavy atom. The number of likely N-dealkylation sites (tertiary alicyclic amines) is 1. The Morgan fingerprint density at radius 1 is 1.43 bits per heavy atom. The van der Waals surface area contributed by atoms with Crippen molar-refractivity contribution in [1.82, 2.24) is 10.2 Å². The maximum Gasteiger partial charge on any atom is 0.0340 e. The molecule has 2 nitrogen and oxygen atoms in total. The largest absolute Gasteiger partial charge is 0.315 e. The van der Waals surface area contributed by atoms with Gasteiger partial charge in [-0.25, -0.2) is 0 Å². The zero-order chi connectivity index (χ0) is 10.2. The average Bonchev–Trinajstić information content (AvgIpc) is 2.48. The molecule has 0 aromatic heterocycles. The first-order valence-electron chi connectivity index (χ1n) is 6.11. The Bertz CT molecular complexity index is 202. The van der Waals surface area contributed by atoms with Gasteiger partial charge in [0.25, 0.3) is 0 Å². The van der Waals surface area contributed by atoms with Crippen molar-refractivity contribution in [2.24, 2.45) is 5.92 Å². The molecule has 0 aromatic carbocycles. The van der Waals surface area contributed by atoms with Crippen LogP contribution in [0.2, 0.25) is 0 Å². The van der Waals surface area contributed by atoms with Crippen LogP contribution in [-0.4, -0.2) is 36.1 Å². The summed E-state index contributed by atoms with van der Waals surface area (Å²) in [6.07, 6.45) is 4.20. The Labute approximate surface area is 88.1 Å². The molecule has 0 saturated carbocycles. The van der Waals surface area contributed by atoms with Crippen molar-refractivity contribution >= 4 is 0 Å². The lowest BCUT2D eigenvalue weighted by atomic mass is 9.82. The van der Waals surface area contributed by atoms with Crippen LogP contribution in [0.4, 0.5) is 0 Å². The van der Waals surface area contributed by atoms with Crippen molar-refractivity contribution in [2.45, 2.75) is 51.6 Å². The van der Waals surface area contributed by atoms with E-state index in [4.69, 9.17) is 0 Å². The van der Waals surface area contributed by atoms with Crippen LogP contribution < -0.4 is 5.32 Å². The molecule has 2 heteroatoms. The fourth-order valence-corrected chi connectivity index (χ4v) is 3.52. The highest BCUT2D eigenvalue weighted by Crippen LogP contribution is 2.37. The lowest BCUT2D eigenvalue weighted by molar-refractivity contribution is 0.0586. The average molecular weight is 196 g/mol. The van der Waals surface area contributed by atoms with E-state index in [1.165, 1.54) is 38.9 Å². The molecule has 2 saturated heterocycles. The Kier molecular flexibility index (Phi) is 2.85. The summed E-state index contributed by atoms with van der Waals surface area (Å²) in [5, 5.41) is 3.61. The maximum absolute atomic E-state index is 3.61. The predicted molar refractivity (Wildman–Crippen MR) is 60.5 cm³/mol. The van der Waals surface area contributed by atoms with Crippen molar-refractivity contribution in [3.8, 4) is 0 Å². The summed E-state index contributed by atoms with van der Waals surface area (Å²) in [6.45, 7) is 10.8. The maximum atomic E-state index is 3.61. The van der Waals surface area contributed by atoms with Crippen LogP contribution in [0.3, 0.4) is 0 Å². The summed E-state index contributed by atoms with van der Waals surface area (Å²) in [7, 11) is 0. The second-order valence-corrected chi connectivity index (χ2v) is 5.56. The minimum absolute atomic E-state index is 0.506. The van der Waals surface area contributed by atoms with Gasteiger partial charge in [0.05, 0.1) is 0 Å². The monoisotopic (exact) mass is 196 g/mol. The molecular weight excluding hydrogens is 172 g/mol. The molecule has 0 radical (unpaired) electrons. The first-order valence-corrected chi connectivity index (χ1v) is 6.11. The normalized spacial score (nSPS) is 39.9. The van der Waals surface area contributed by atoms with Gasteiger partial charge in [0, 0.05) is 18.1 Å². The quantitative estimate of drug-likeness (QED) is 0.688. The molecule has 2 rings (SSSR count). The lowest BCUT2D eigenvalue weighted by Gasteiger charge is -2.46. The lowest BCUT2D eigenvalue weighted by Crippen LogP contribution is -2.58. The first-order chi connectivity index (χ1) is 6.64. The number of nitrogens with one attached hydrogen (secondary N) is 1. The summed E-state index contributed by atoms with van der Waals surface area (Å²) in [4.78, 5) is 2.73. The predicted octanol–water partition coefficient (Wildman–Crippen LogP) is 1.86. The fraction of sp³-hybridized carbons (Fsp3) is 1.00. The highest BCUT2D eigenvalue weighted by Gasteiger charge is 2.44. The summed E-state index contributed by atoms with van der Waals surface area (Å²) >= 11 is 0. The van der Waals surface area contributed by atoms with Gasteiger partial charge in [-0.2, -0.15) is 0 Å². The molecular formula is C12H24N2. The molecule has 0 bridgehead atoms. The van der Waals surface area contributed by atoms with Gasteiger partial charge in [-0.15, -0.1) is 0 Å². The molecule has 2 unspecified atom stereocenters. The van der Waals surface area contributed by atoms with Crippen LogP contribution >= 0.6 is 0 Å². The van der Waals surface area contributed by atoms with Gasteiger partial charge >= 0.3 is 0 Å². The number of nitrogens with zero attached hydrogens (tertiary/aromatic N) is 1. The Balaban J connectivity index is 2.12. The number of rotatable bonds is 1. The van der Waals surface area contributed by atoms with Crippen LogP contribution in [-0.2, 0) is 0 Å². The molecule has 14 heavy (non-hydrogen) atoms. The number of piperidine rings is 1. The number of hydrogen-bond acceptors (Lipinski definition) is 2. The van der Waals surface area contributed by atoms with E-state index in [1.54, 1.807) is 0 Å². The third kappa shape index (κ3) is 1.70. The fourth-order valence-electron chi connectivity index (χ4n) is 3.52. The SMILES string of the molecule is CC1CNCC2(CCCN2C(C)C)C1. The summed E-state index contributed by atoms with van der Waals surface area (Å²) in [5.41, 5.74) is 0.506. The van der Waals surface area contributed by atoms with E-state index in [1.807, 2.05) is 0 Å². The van der Waals surface area contributed by atoms with E-state index in [2.05, 4.69) is 31.0 Å². The van der Waals surface area contributed by atoms with Crippen molar-refractivity contribution in [2.75, 3.05) is 19.6 Å². The minimum Gasteiger partial charge on any atom is -0.315 e. The smallest absolute Gasteiger partial charge is 0.0340 e. The van der Waals surface area contributed by atoms with Gasteiger partial charge in [-0.05, 0) is 52.1 Å². The molecule has 2 heterocycles. The zero-order valence-corrected chi connectivity index (χ0v) is 9.84. The van der Waals surface area contributed by atoms with Crippen molar-refractivity contribution < 1.29 is 0 Å². The van der Waals surface area contributed by atoms with Crippen LogP contribution in [0.5, 0.6) is 0 Å². The molecule has 2 atom stereocenters. The molecule has 1 spiro atoms. The summed E-state index contributed by atoms with van der Waals surface area (Å²) in [5.74, 6) is 0.850. The van der Waals surface area contributed by atoms with E-state index in [-0.39, 0.29) is 0 Å². The minimum atomic E-state index is 0.506. The van der Waals surface area contributed by atoms with Crippen molar-refractivity contribution in [3.63, 3.8) is 0 Å². The van der Waals surface area contributed by atoms with Gasteiger partial charge in [-0.3, -0.25) is 4.90 Å². The van der Waals surface area contributed by atoms with Crippen LogP contribution in [0, 0.1) is 5.92 Å². The Morgan fingerprint density at radius 2 is 2.21 bits per heavy atom. The van der Waals surface area contributed by atoms with Gasteiger partial charge in [0.1, 0.15) is 0 Å². The first kappa shape index (κ1) is 10.4. The molecule has 1 N–H and O–H groups in total. The molecule has 2 fully saturated rings. The van der Waals surface area contributed by atoms with Crippen LogP contribution in [0.25, 0.3) is 0 Å². The standard InChI is InChI=1S/C12H24N2/c1-10(2)14-6-4-5-12(14)7-11(3)8-13-9-12/h10-11,13H,4-9H2,1-3H3. The molecule has 2 aliphatic rings. The number of hydrogen-bond donors (Lipinski definition) is 1. The topological polar surface area (TPSA) is 15.3 Å².